The van der Waals surface area contributed by atoms with Gasteiger partial charge in [0.05, 0.1) is 11.0 Å². The summed E-state index contributed by atoms with van der Waals surface area (Å²) in [5.74, 6) is 0. The van der Waals surface area contributed by atoms with Crippen molar-refractivity contribution in [3.05, 3.63) is 114 Å². The van der Waals surface area contributed by atoms with Crippen LogP contribution in [-0.2, 0) is 0 Å². The van der Waals surface area contributed by atoms with Gasteiger partial charge in [0.2, 0.25) is 0 Å². The SMILES string of the molecule is Cc1ccccc1-c1ccc2c3c4sc5ccccc5c4ccc3n(-c3ccccc3)c2c1C. The zero-order chi connectivity index (χ0) is 22.8. The maximum atomic E-state index is 2.46. The molecule has 0 N–H and O–H groups in total. The lowest BCUT2D eigenvalue weighted by Crippen LogP contribution is -1.96. The third kappa shape index (κ3) is 2.66. The molecule has 0 aliphatic heterocycles. The number of fused-ring (bicyclic) bond motifs is 7. The number of aryl methyl sites for hydroxylation is 2. The highest BCUT2D eigenvalue weighted by Crippen LogP contribution is 2.45. The number of nitrogens with zero attached hydrogens (tertiary/aromatic N) is 1. The molecule has 34 heavy (non-hydrogen) atoms. The summed E-state index contributed by atoms with van der Waals surface area (Å²) in [6.07, 6.45) is 0. The minimum Gasteiger partial charge on any atom is -0.309 e. The highest BCUT2D eigenvalue weighted by atomic mass is 32.1. The molecule has 162 valence electrons. The van der Waals surface area contributed by atoms with E-state index in [-0.39, 0.29) is 0 Å². The van der Waals surface area contributed by atoms with E-state index in [9.17, 15) is 0 Å². The number of hydrogen-bond donors (Lipinski definition) is 0. The summed E-state index contributed by atoms with van der Waals surface area (Å²) in [5.41, 5.74) is 9.00. The van der Waals surface area contributed by atoms with E-state index >= 15 is 0 Å². The average molecular weight is 454 g/mol. The van der Waals surface area contributed by atoms with Gasteiger partial charge in [-0.25, -0.2) is 0 Å². The number of aromatic nitrogens is 1. The molecule has 0 amide bonds. The highest BCUT2D eigenvalue weighted by molar-refractivity contribution is 7.26. The van der Waals surface area contributed by atoms with Crippen LogP contribution in [0.5, 0.6) is 0 Å². The fourth-order valence-corrected chi connectivity index (χ4v) is 6.81. The first kappa shape index (κ1) is 19.6. The third-order valence-electron chi connectivity index (χ3n) is 7.14. The molecule has 0 saturated carbocycles. The van der Waals surface area contributed by atoms with Crippen LogP contribution < -0.4 is 0 Å². The van der Waals surface area contributed by atoms with Gasteiger partial charge in [-0.1, -0.05) is 78.9 Å². The van der Waals surface area contributed by atoms with Crippen molar-refractivity contribution in [1.82, 2.24) is 4.57 Å². The Morgan fingerprint density at radius 2 is 1.32 bits per heavy atom. The molecular formula is C32H23NS. The summed E-state index contributed by atoms with van der Waals surface area (Å²) < 4.78 is 5.19. The smallest absolute Gasteiger partial charge is 0.0576 e. The van der Waals surface area contributed by atoms with E-state index in [1.54, 1.807) is 0 Å². The van der Waals surface area contributed by atoms with Gasteiger partial charge >= 0.3 is 0 Å². The molecule has 7 rings (SSSR count). The van der Waals surface area contributed by atoms with Gasteiger partial charge in [-0.15, -0.1) is 11.3 Å². The molecule has 2 heteroatoms. The molecule has 0 unspecified atom stereocenters. The maximum Gasteiger partial charge on any atom is 0.0576 e. The van der Waals surface area contributed by atoms with E-state index in [0.717, 1.165) is 0 Å². The summed E-state index contributed by atoms with van der Waals surface area (Å²) in [6.45, 7) is 4.48. The van der Waals surface area contributed by atoms with Crippen molar-refractivity contribution >= 4 is 53.3 Å². The Labute approximate surface area is 202 Å². The normalized spacial score (nSPS) is 11.8. The summed E-state index contributed by atoms with van der Waals surface area (Å²) in [5, 5.41) is 5.38. The monoisotopic (exact) mass is 453 g/mol. The van der Waals surface area contributed by atoms with Crippen LogP contribution in [0.4, 0.5) is 0 Å². The largest absolute Gasteiger partial charge is 0.309 e. The highest BCUT2D eigenvalue weighted by Gasteiger charge is 2.20. The number of para-hydroxylation sites is 1. The quantitative estimate of drug-likeness (QED) is 0.246. The summed E-state index contributed by atoms with van der Waals surface area (Å²) in [7, 11) is 0. The minimum atomic E-state index is 1.20. The van der Waals surface area contributed by atoms with Gasteiger partial charge in [-0.2, -0.15) is 0 Å². The molecule has 2 heterocycles. The second-order valence-electron chi connectivity index (χ2n) is 9.05. The molecule has 0 aliphatic rings. The predicted octanol–water partition coefficient (Wildman–Crippen LogP) is 9.44. The fourth-order valence-electron chi connectivity index (χ4n) is 5.55. The predicted molar refractivity (Wildman–Crippen MR) is 149 cm³/mol. The molecule has 0 saturated heterocycles. The van der Waals surface area contributed by atoms with E-state index in [1.165, 1.54) is 69.9 Å². The molecule has 0 atom stereocenters. The van der Waals surface area contributed by atoms with Crippen molar-refractivity contribution in [2.45, 2.75) is 13.8 Å². The Bertz CT molecular complexity index is 1870. The second-order valence-corrected chi connectivity index (χ2v) is 10.1. The molecule has 0 bridgehead atoms. The van der Waals surface area contributed by atoms with Gasteiger partial charge in [0.25, 0.3) is 0 Å². The molecule has 2 aromatic heterocycles. The van der Waals surface area contributed by atoms with E-state index in [0.29, 0.717) is 0 Å². The van der Waals surface area contributed by atoms with E-state index in [1.807, 2.05) is 11.3 Å². The van der Waals surface area contributed by atoms with Crippen molar-refractivity contribution in [3.8, 4) is 16.8 Å². The average Bonchev–Trinajstić information content (AvgIpc) is 3.42. The standard InChI is InChI=1S/C32H23NS/c1-20-10-6-7-13-23(20)24-16-17-27-30-28(33(31(27)21(24)2)22-11-4-3-5-12-22)19-18-26-25-14-8-9-15-29(25)34-32(26)30/h3-19H,1-2H3. The van der Waals surface area contributed by atoms with Gasteiger partial charge in [0, 0.05) is 36.6 Å². The fraction of sp³-hybridized carbons (Fsp3) is 0.0625. The first-order valence-electron chi connectivity index (χ1n) is 11.7. The molecule has 1 nitrogen and oxygen atoms in total. The topological polar surface area (TPSA) is 4.93 Å². The Morgan fingerprint density at radius 1 is 0.588 bits per heavy atom. The summed E-state index contributed by atoms with van der Waals surface area (Å²) in [6, 6.07) is 37.5. The lowest BCUT2D eigenvalue weighted by molar-refractivity contribution is 1.17. The summed E-state index contributed by atoms with van der Waals surface area (Å²) in [4.78, 5) is 0. The Hall–Kier alpha value is -3.88. The van der Waals surface area contributed by atoms with Crippen LogP contribution in [0.2, 0.25) is 0 Å². The Balaban J connectivity index is 1.70. The third-order valence-corrected chi connectivity index (χ3v) is 8.34. The van der Waals surface area contributed by atoms with Gasteiger partial charge in [-0.3, -0.25) is 0 Å². The lowest BCUT2D eigenvalue weighted by atomic mass is 9.94. The number of rotatable bonds is 2. The molecule has 5 aromatic carbocycles. The number of hydrogen-bond acceptors (Lipinski definition) is 1. The zero-order valence-corrected chi connectivity index (χ0v) is 20.0. The van der Waals surface area contributed by atoms with Crippen molar-refractivity contribution in [1.29, 1.82) is 0 Å². The van der Waals surface area contributed by atoms with Gasteiger partial charge in [0.15, 0.2) is 0 Å². The Morgan fingerprint density at radius 3 is 2.18 bits per heavy atom. The number of thiophene rings is 1. The first-order valence-corrected chi connectivity index (χ1v) is 12.5. The van der Waals surface area contributed by atoms with Crippen molar-refractivity contribution in [3.63, 3.8) is 0 Å². The van der Waals surface area contributed by atoms with Crippen molar-refractivity contribution in [2.75, 3.05) is 0 Å². The van der Waals surface area contributed by atoms with Crippen LogP contribution in [-0.4, -0.2) is 4.57 Å². The van der Waals surface area contributed by atoms with Crippen LogP contribution in [0, 0.1) is 13.8 Å². The molecule has 0 radical (unpaired) electrons. The van der Waals surface area contributed by atoms with Crippen LogP contribution in [0.25, 0.3) is 58.8 Å². The molecule has 0 spiro atoms. The van der Waals surface area contributed by atoms with Crippen LogP contribution in [0.3, 0.4) is 0 Å². The van der Waals surface area contributed by atoms with Crippen LogP contribution in [0.1, 0.15) is 11.1 Å². The molecule has 0 aliphatic carbocycles. The van der Waals surface area contributed by atoms with Crippen molar-refractivity contribution < 1.29 is 0 Å². The lowest BCUT2D eigenvalue weighted by Gasteiger charge is -2.14. The second kappa shape index (κ2) is 7.31. The van der Waals surface area contributed by atoms with Crippen molar-refractivity contribution in [2.24, 2.45) is 0 Å². The Kier molecular flexibility index (Phi) is 4.21. The van der Waals surface area contributed by atoms with Crippen LogP contribution >= 0.6 is 11.3 Å². The number of benzene rings is 5. The minimum absolute atomic E-state index is 1.20. The van der Waals surface area contributed by atoms with Gasteiger partial charge < -0.3 is 4.57 Å². The molecular weight excluding hydrogens is 430 g/mol. The molecule has 7 aromatic rings. The first-order chi connectivity index (χ1) is 16.7. The zero-order valence-electron chi connectivity index (χ0n) is 19.2. The van der Waals surface area contributed by atoms with Gasteiger partial charge in [-0.05, 0) is 60.4 Å². The van der Waals surface area contributed by atoms with Crippen LogP contribution in [0.15, 0.2) is 103 Å². The molecule has 0 fully saturated rings. The summed E-state index contributed by atoms with van der Waals surface area (Å²) >= 11 is 1.91. The van der Waals surface area contributed by atoms with Gasteiger partial charge in [0.1, 0.15) is 0 Å². The van der Waals surface area contributed by atoms with E-state index < -0.39 is 0 Å². The van der Waals surface area contributed by atoms with E-state index in [4.69, 9.17) is 0 Å². The van der Waals surface area contributed by atoms with E-state index in [2.05, 4.69) is 122 Å². The maximum absolute atomic E-state index is 2.46.